The van der Waals surface area contributed by atoms with Crippen molar-refractivity contribution in [1.29, 1.82) is 0 Å². The largest absolute Gasteiger partial charge is 0.388 e. The van der Waals surface area contributed by atoms with Crippen molar-refractivity contribution in [2.75, 3.05) is 26.8 Å². The smallest absolute Gasteiger partial charge is 0.0815 e. The lowest BCUT2D eigenvalue weighted by Crippen LogP contribution is -2.41. The van der Waals surface area contributed by atoms with Gasteiger partial charge in [0.15, 0.2) is 0 Å². The summed E-state index contributed by atoms with van der Waals surface area (Å²) in [5, 5.41) is 10.5. The molecular formula is C11H21NO2. The van der Waals surface area contributed by atoms with Crippen LogP contribution in [0.15, 0.2) is 0 Å². The van der Waals surface area contributed by atoms with E-state index in [9.17, 15) is 5.11 Å². The number of methoxy groups -OCH3 is 1. The van der Waals surface area contributed by atoms with Crippen LogP contribution in [0.1, 0.15) is 32.1 Å². The van der Waals surface area contributed by atoms with E-state index in [1.807, 2.05) is 0 Å². The fourth-order valence-corrected chi connectivity index (χ4v) is 3.02. The number of hydrogen-bond acceptors (Lipinski definition) is 3. The molecule has 2 atom stereocenters. The Hall–Kier alpha value is -0.120. The predicted octanol–water partition coefficient (Wildman–Crippen LogP) is 1.01. The minimum Gasteiger partial charge on any atom is -0.388 e. The molecule has 0 radical (unpaired) electrons. The van der Waals surface area contributed by atoms with Gasteiger partial charge in [-0.05, 0) is 38.6 Å². The third-order valence-electron chi connectivity index (χ3n) is 3.77. The Bertz CT molecular complexity index is 198. The summed E-state index contributed by atoms with van der Waals surface area (Å²) in [6.45, 7) is 3.06. The zero-order valence-electron chi connectivity index (χ0n) is 9.04. The number of hydrogen-bond donors (Lipinski definition) is 1. The molecule has 3 heteroatoms. The van der Waals surface area contributed by atoms with E-state index in [0.717, 1.165) is 32.4 Å². The fraction of sp³-hybridized carbons (Fsp3) is 1.00. The van der Waals surface area contributed by atoms with Gasteiger partial charge in [-0.3, -0.25) is 4.90 Å². The topological polar surface area (TPSA) is 32.7 Å². The lowest BCUT2D eigenvalue weighted by Gasteiger charge is -2.29. The summed E-state index contributed by atoms with van der Waals surface area (Å²) in [6.07, 6.45) is 5.29. The maximum Gasteiger partial charge on any atom is 0.0815 e. The molecule has 0 spiro atoms. The van der Waals surface area contributed by atoms with Gasteiger partial charge < -0.3 is 9.84 Å². The second kappa shape index (κ2) is 4.17. The van der Waals surface area contributed by atoms with Gasteiger partial charge >= 0.3 is 0 Å². The molecule has 14 heavy (non-hydrogen) atoms. The van der Waals surface area contributed by atoms with Crippen molar-refractivity contribution in [3.8, 4) is 0 Å². The number of rotatable bonds is 4. The van der Waals surface area contributed by atoms with Crippen LogP contribution in [0.25, 0.3) is 0 Å². The molecule has 2 aliphatic rings. The second-order valence-corrected chi connectivity index (χ2v) is 4.64. The summed E-state index contributed by atoms with van der Waals surface area (Å²) in [5.74, 6) is 0. The van der Waals surface area contributed by atoms with Gasteiger partial charge in [-0.15, -0.1) is 0 Å². The monoisotopic (exact) mass is 199 g/mol. The molecule has 0 aromatic carbocycles. The van der Waals surface area contributed by atoms with Gasteiger partial charge in [-0.25, -0.2) is 0 Å². The second-order valence-electron chi connectivity index (χ2n) is 4.64. The standard InChI is InChI=1S/C11H21NO2/c1-14-9-3-5-11(13)6-8-12-7-2-4-10(11)12/h10,13H,2-9H2,1H3. The van der Waals surface area contributed by atoms with Crippen LogP contribution in [0.4, 0.5) is 0 Å². The van der Waals surface area contributed by atoms with Crippen LogP contribution in [-0.2, 0) is 4.74 Å². The lowest BCUT2D eigenvalue weighted by molar-refractivity contribution is -0.00105. The first-order chi connectivity index (χ1) is 6.76. The first kappa shape index (κ1) is 10.4. The molecule has 0 aliphatic carbocycles. The van der Waals surface area contributed by atoms with E-state index in [4.69, 9.17) is 4.74 Å². The number of fused-ring (bicyclic) bond motifs is 1. The van der Waals surface area contributed by atoms with E-state index in [-0.39, 0.29) is 0 Å². The minimum atomic E-state index is -0.408. The van der Waals surface area contributed by atoms with Crippen molar-refractivity contribution >= 4 is 0 Å². The maximum atomic E-state index is 10.5. The van der Waals surface area contributed by atoms with Gasteiger partial charge in [0.25, 0.3) is 0 Å². The van der Waals surface area contributed by atoms with Crippen LogP contribution in [0, 0.1) is 0 Å². The Morgan fingerprint density at radius 1 is 1.50 bits per heavy atom. The Kier molecular flexibility index (Phi) is 3.10. The molecule has 2 unspecified atom stereocenters. The number of ether oxygens (including phenoxy) is 1. The van der Waals surface area contributed by atoms with E-state index < -0.39 is 5.60 Å². The Morgan fingerprint density at radius 3 is 3.14 bits per heavy atom. The highest BCUT2D eigenvalue weighted by molar-refractivity contribution is 5.02. The van der Waals surface area contributed by atoms with Crippen molar-refractivity contribution in [2.45, 2.75) is 43.7 Å². The van der Waals surface area contributed by atoms with Crippen LogP contribution in [-0.4, -0.2) is 48.5 Å². The van der Waals surface area contributed by atoms with E-state index in [2.05, 4.69) is 4.90 Å². The van der Waals surface area contributed by atoms with Crippen molar-refractivity contribution < 1.29 is 9.84 Å². The van der Waals surface area contributed by atoms with Crippen molar-refractivity contribution in [3.05, 3.63) is 0 Å². The molecular weight excluding hydrogens is 178 g/mol. The molecule has 0 aromatic rings. The zero-order valence-corrected chi connectivity index (χ0v) is 9.04. The molecule has 0 saturated carbocycles. The molecule has 2 heterocycles. The van der Waals surface area contributed by atoms with Crippen LogP contribution < -0.4 is 0 Å². The molecule has 82 valence electrons. The first-order valence-corrected chi connectivity index (χ1v) is 5.72. The summed E-state index contributed by atoms with van der Waals surface area (Å²) >= 11 is 0. The molecule has 1 N–H and O–H groups in total. The molecule has 0 amide bonds. The third kappa shape index (κ3) is 1.81. The van der Waals surface area contributed by atoms with Crippen LogP contribution in [0.3, 0.4) is 0 Å². The highest BCUT2D eigenvalue weighted by Crippen LogP contribution is 2.38. The molecule has 2 aliphatic heterocycles. The van der Waals surface area contributed by atoms with Crippen molar-refractivity contribution in [3.63, 3.8) is 0 Å². The van der Waals surface area contributed by atoms with Crippen molar-refractivity contribution in [1.82, 2.24) is 4.90 Å². The summed E-state index contributed by atoms with van der Waals surface area (Å²) in [7, 11) is 1.72. The molecule has 2 saturated heterocycles. The van der Waals surface area contributed by atoms with Crippen LogP contribution in [0.5, 0.6) is 0 Å². The summed E-state index contributed by atoms with van der Waals surface area (Å²) in [4.78, 5) is 2.45. The van der Waals surface area contributed by atoms with Gasteiger partial charge in [0, 0.05) is 26.3 Å². The Labute approximate surface area is 86.0 Å². The van der Waals surface area contributed by atoms with E-state index in [1.165, 1.54) is 19.4 Å². The van der Waals surface area contributed by atoms with E-state index in [1.54, 1.807) is 7.11 Å². The highest BCUT2D eigenvalue weighted by atomic mass is 16.5. The zero-order chi connectivity index (χ0) is 10.0. The van der Waals surface area contributed by atoms with Gasteiger partial charge in [0.05, 0.1) is 5.60 Å². The van der Waals surface area contributed by atoms with Crippen LogP contribution >= 0.6 is 0 Å². The Balaban J connectivity index is 1.88. The van der Waals surface area contributed by atoms with Crippen molar-refractivity contribution in [2.24, 2.45) is 0 Å². The quantitative estimate of drug-likeness (QED) is 0.686. The predicted molar refractivity (Wildman–Crippen MR) is 55.3 cm³/mol. The number of aliphatic hydroxyl groups is 1. The average molecular weight is 199 g/mol. The fourth-order valence-electron chi connectivity index (χ4n) is 3.02. The average Bonchev–Trinajstić information content (AvgIpc) is 2.72. The summed E-state index contributed by atoms with van der Waals surface area (Å²) < 4.78 is 5.03. The maximum absolute atomic E-state index is 10.5. The summed E-state index contributed by atoms with van der Waals surface area (Å²) in [6, 6.07) is 0.444. The van der Waals surface area contributed by atoms with Gasteiger partial charge in [-0.1, -0.05) is 0 Å². The number of nitrogens with zero attached hydrogens (tertiary/aromatic N) is 1. The molecule has 2 fully saturated rings. The van der Waals surface area contributed by atoms with E-state index >= 15 is 0 Å². The van der Waals surface area contributed by atoms with Gasteiger partial charge in [0.2, 0.25) is 0 Å². The van der Waals surface area contributed by atoms with Crippen LogP contribution in [0.2, 0.25) is 0 Å². The molecule has 3 nitrogen and oxygen atoms in total. The highest BCUT2D eigenvalue weighted by Gasteiger charge is 2.47. The normalized spacial score (nSPS) is 37.7. The SMILES string of the molecule is COCCCC1(O)CCN2CCCC21. The molecule has 0 aromatic heterocycles. The summed E-state index contributed by atoms with van der Waals surface area (Å²) in [5.41, 5.74) is -0.408. The molecule has 2 rings (SSSR count). The lowest BCUT2D eigenvalue weighted by atomic mass is 9.88. The van der Waals surface area contributed by atoms with Gasteiger partial charge in [0.1, 0.15) is 0 Å². The Morgan fingerprint density at radius 2 is 2.36 bits per heavy atom. The van der Waals surface area contributed by atoms with Gasteiger partial charge in [-0.2, -0.15) is 0 Å². The van der Waals surface area contributed by atoms with E-state index in [0.29, 0.717) is 6.04 Å². The third-order valence-corrected chi connectivity index (χ3v) is 3.77. The first-order valence-electron chi connectivity index (χ1n) is 5.72. The molecule has 0 bridgehead atoms. The minimum absolute atomic E-state index is 0.408.